The number of nitrogens with zero attached hydrogens (tertiary/aromatic N) is 2. The van der Waals surface area contributed by atoms with Gasteiger partial charge in [0.15, 0.2) is 5.78 Å². The second kappa shape index (κ2) is 5.38. The Morgan fingerprint density at radius 1 is 1.45 bits per heavy atom. The number of Topliss-reactive ketones (excluding diaryl/α,β-unsaturated/α-hetero) is 1. The Hall–Kier alpha value is -2.47. The molecule has 2 heterocycles. The van der Waals surface area contributed by atoms with Crippen LogP contribution in [-0.2, 0) is 0 Å². The molecule has 0 unspecified atom stereocenters. The van der Waals surface area contributed by atoms with Crippen LogP contribution in [0.3, 0.4) is 0 Å². The van der Waals surface area contributed by atoms with Gasteiger partial charge in [-0.2, -0.15) is 0 Å². The van der Waals surface area contributed by atoms with E-state index in [1.807, 2.05) is 18.4 Å². The normalized spacial score (nSPS) is 14.8. The third kappa shape index (κ3) is 2.42. The van der Waals surface area contributed by atoms with Gasteiger partial charge in [0, 0.05) is 22.3 Å². The first kappa shape index (κ1) is 14.5. The number of thiazole rings is 1. The van der Waals surface area contributed by atoms with Gasteiger partial charge in [-0.1, -0.05) is 12.1 Å². The van der Waals surface area contributed by atoms with E-state index in [0.29, 0.717) is 21.8 Å². The van der Waals surface area contributed by atoms with Crippen molar-refractivity contribution in [3.05, 3.63) is 51.7 Å². The number of hydrogen-bond donors (Lipinski definition) is 2. The third-order valence-corrected chi connectivity index (χ3v) is 4.48. The molecule has 0 radical (unpaired) electrons. The number of nitrogens with one attached hydrogen (secondary N) is 1. The molecule has 0 spiro atoms. The average Bonchev–Trinajstić information content (AvgIpc) is 3.02. The van der Waals surface area contributed by atoms with E-state index in [2.05, 4.69) is 4.98 Å². The van der Waals surface area contributed by atoms with Crippen LogP contribution in [0.4, 0.5) is 5.69 Å². The first-order chi connectivity index (χ1) is 10.5. The van der Waals surface area contributed by atoms with E-state index < -0.39 is 0 Å². The molecule has 0 bridgehead atoms. The number of amidine groups is 1. The SMILES string of the molecule is CC(=O)c1cccc(N2CC(O)=C(c3nc(C)cs3)C2=N)c1. The Morgan fingerprint density at radius 2 is 2.23 bits per heavy atom. The number of aliphatic hydroxyl groups is 1. The molecule has 0 atom stereocenters. The van der Waals surface area contributed by atoms with Crippen molar-refractivity contribution in [2.75, 3.05) is 11.4 Å². The van der Waals surface area contributed by atoms with E-state index >= 15 is 0 Å². The van der Waals surface area contributed by atoms with E-state index in [0.717, 1.165) is 5.69 Å². The van der Waals surface area contributed by atoms with Crippen LogP contribution in [0.5, 0.6) is 0 Å². The van der Waals surface area contributed by atoms with E-state index in [4.69, 9.17) is 5.41 Å². The van der Waals surface area contributed by atoms with Crippen LogP contribution in [0.25, 0.3) is 5.57 Å². The smallest absolute Gasteiger partial charge is 0.159 e. The van der Waals surface area contributed by atoms with Gasteiger partial charge < -0.3 is 10.0 Å². The van der Waals surface area contributed by atoms with Crippen molar-refractivity contribution in [2.45, 2.75) is 13.8 Å². The molecule has 5 nitrogen and oxygen atoms in total. The maximum Gasteiger partial charge on any atom is 0.159 e. The van der Waals surface area contributed by atoms with Crippen LogP contribution in [0.15, 0.2) is 35.4 Å². The fourth-order valence-electron chi connectivity index (χ4n) is 2.39. The summed E-state index contributed by atoms with van der Waals surface area (Å²) in [5.74, 6) is 0.306. The minimum atomic E-state index is -0.0273. The second-order valence-corrected chi connectivity index (χ2v) is 6.02. The number of aromatic nitrogens is 1. The van der Waals surface area contributed by atoms with Crippen molar-refractivity contribution < 1.29 is 9.90 Å². The number of ketones is 1. The van der Waals surface area contributed by atoms with Gasteiger partial charge in [0.2, 0.25) is 0 Å². The molecule has 0 saturated carbocycles. The Morgan fingerprint density at radius 3 is 2.86 bits per heavy atom. The van der Waals surface area contributed by atoms with Crippen molar-refractivity contribution in [3.8, 4) is 0 Å². The first-order valence-corrected chi connectivity index (χ1v) is 7.67. The number of hydrogen-bond acceptors (Lipinski definition) is 5. The van der Waals surface area contributed by atoms with Gasteiger partial charge in [-0.25, -0.2) is 4.98 Å². The minimum Gasteiger partial charge on any atom is -0.510 e. The predicted molar refractivity (Wildman–Crippen MR) is 87.9 cm³/mol. The quantitative estimate of drug-likeness (QED) is 0.851. The van der Waals surface area contributed by atoms with Crippen molar-refractivity contribution in [2.24, 2.45) is 0 Å². The monoisotopic (exact) mass is 313 g/mol. The molecular formula is C16H15N3O2S. The van der Waals surface area contributed by atoms with Crippen LogP contribution in [-0.4, -0.2) is 28.3 Å². The topological polar surface area (TPSA) is 77.3 Å². The molecule has 2 N–H and O–H groups in total. The summed E-state index contributed by atoms with van der Waals surface area (Å²) in [6.07, 6.45) is 0. The third-order valence-electron chi connectivity index (χ3n) is 3.50. The maximum absolute atomic E-state index is 11.5. The second-order valence-electron chi connectivity index (χ2n) is 5.16. The van der Waals surface area contributed by atoms with E-state index in [-0.39, 0.29) is 23.9 Å². The van der Waals surface area contributed by atoms with Gasteiger partial charge >= 0.3 is 0 Å². The zero-order chi connectivity index (χ0) is 15.9. The lowest BCUT2D eigenvalue weighted by atomic mass is 10.1. The van der Waals surface area contributed by atoms with E-state index in [9.17, 15) is 9.90 Å². The largest absolute Gasteiger partial charge is 0.510 e. The number of aryl methyl sites for hydroxylation is 1. The lowest BCUT2D eigenvalue weighted by molar-refractivity contribution is 0.101. The molecule has 2 aromatic rings. The number of aliphatic hydroxyl groups excluding tert-OH is 1. The zero-order valence-corrected chi connectivity index (χ0v) is 13.1. The molecule has 0 saturated heterocycles. The number of rotatable bonds is 3. The number of anilines is 1. The summed E-state index contributed by atoms with van der Waals surface area (Å²) < 4.78 is 0. The van der Waals surface area contributed by atoms with Gasteiger partial charge in [0.05, 0.1) is 12.1 Å². The van der Waals surface area contributed by atoms with Crippen molar-refractivity contribution >= 4 is 34.2 Å². The lowest BCUT2D eigenvalue weighted by Gasteiger charge is -2.19. The molecule has 6 heteroatoms. The molecule has 0 fully saturated rings. The number of benzene rings is 1. The molecule has 1 aromatic heterocycles. The molecule has 3 rings (SSSR count). The molecule has 1 aliphatic heterocycles. The van der Waals surface area contributed by atoms with Crippen LogP contribution >= 0.6 is 11.3 Å². The predicted octanol–water partition coefficient (Wildman–Crippen LogP) is 3.42. The highest BCUT2D eigenvalue weighted by molar-refractivity contribution is 7.11. The molecule has 0 aliphatic carbocycles. The summed E-state index contributed by atoms with van der Waals surface area (Å²) in [7, 11) is 0. The highest BCUT2D eigenvalue weighted by atomic mass is 32.1. The van der Waals surface area contributed by atoms with Gasteiger partial charge in [0.1, 0.15) is 16.6 Å². The summed E-state index contributed by atoms with van der Waals surface area (Å²) in [4.78, 5) is 17.5. The average molecular weight is 313 g/mol. The van der Waals surface area contributed by atoms with E-state index in [1.165, 1.54) is 18.3 Å². The summed E-state index contributed by atoms with van der Waals surface area (Å²) in [5.41, 5.74) is 2.63. The fourth-order valence-corrected chi connectivity index (χ4v) is 3.25. The Balaban J connectivity index is 1.95. The highest BCUT2D eigenvalue weighted by Gasteiger charge is 2.31. The van der Waals surface area contributed by atoms with Gasteiger partial charge in [-0.15, -0.1) is 11.3 Å². The minimum absolute atomic E-state index is 0.0273. The summed E-state index contributed by atoms with van der Waals surface area (Å²) in [6.45, 7) is 3.60. The summed E-state index contributed by atoms with van der Waals surface area (Å²) in [6, 6.07) is 7.08. The van der Waals surface area contributed by atoms with Crippen molar-refractivity contribution in [1.29, 1.82) is 5.41 Å². The Labute approximate surface area is 132 Å². The van der Waals surface area contributed by atoms with Crippen LogP contribution < -0.4 is 4.90 Å². The molecule has 1 aliphatic rings. The fraction of sp³-hybridized carbons (Fsp3) is 0.188. The molecule has 22 heavy (non-hydrogen) atoms. The summed E-state index contributed by atoms with van der Waals surface area (Å²) >= 11 is 1.41. The number of carbonyl (C=O) groups excluding carboxylic acids is 1. The maximum atomic E-state index is 11.5. The molecule has 1 aromatic carbocycles. The number of carbonyl (C=O) groups is 1. The van der Waals surface area contributed by atoms with Gasteiger partial charge in [-0.05, 0) is 26.0 Å². The van der Waals surface area contributed by atoms with Crippen LogP contribution in [0.1, 0.15) is 28.0 Å². The Kier molecular flexibility index (Phi) is 3.54. The van der Waals surface area contributed by atoms with Crippen molar-refractivity contribution in [3.63, 3.8) is 0 Å². The standard InChI is InChI=1S/C16H15N3O2S/c1-9-8-22-16(18-9)14-13(21)7-19(15(14)17)12-5-3-4-11(6-12)10(2)20/h3-6,8,17,21H,7H2,1-2H3. The van der Waals surface area contributed by atoms with E-state index in [1.54, 1.807) is 23.1 Å². The zero-order valence-electron chi connectivity index (χ0n) is 12.3. The molecular weight excluding hydrogens is 298 g/mol. The van der Waals surface area contributed by atoms with Crippen LogP contribution in [0.2, 0.25) is 0 Å². The first-order valence-electron chi connectivity index (χ1n) is 6.79. The van der Waals surface area contributed by atoms with Crippen LogP contribution in [0, 0.1) is 12.3 Å². The van der Waals surface area contributed by atoms with Gasteiger partial charge in [-0.3, -0.25) is 10.2 Å². The van der Waals surface area contributed by atoms with Gasteiger partial charge in [0.25, 0.3) is 0 Å². The highest BCUT2D eigenvalue weighted by Crippen LogP contribution is 2.32. The van der Waals surface area contributed by atoms with Crippen molar-refractivity contribution in [1.82, 2.24) is 4.98 Å². The summed E-state index contributed by atoms with van der Waals surface area (Å²) in [5, 5.41) is 21.1. The molecule has 0 amide bonds. The lowest BCUT2D eigenvalue weighted by Crippen LogP contribution is -2.26. The molecule has 112 valence electrons. The Bertz CT molecular complexity index is 807.